The molecule has 0 aromatic rings. The lowest BCUT2D eigenvalue weighted by atomic mass is 9.56. The number of alkyl halides is 1. The molecule has 0 spiro atoms. The molecule has 0 aliphatic heterocycles. The normalized spacial score (nSPS) is 52.8. The Morgan fingerprint density at radius 2 is 1.88 bits per heavy atom. The molecule has 0 saturated heterocycles. The van der Waals surface area contributed by atoms with Crippen molar-refractivity contribution in [3.63, 3.8) is 0 Å². The predicted molar refractivity (Wildman–Crippen MR) is 66.5 cm³/mol. The SMILES string of the molecule is CCCCC1(O)[C@@H]2CC3CCC(F)(C2)C[C@@H]1C3. The van der Waals surface area contributed by atoms with Crippen molar-refractivity contribution in [1.29, 1.82) is 0 Å². The molecule has 4 aliphatic carbocycles. The quantitative estimate of drug-likeness (QED) is 0.794. The molecule has 4 bridgehead atoms. The molecule has 3 unspecified atom stereocenters. The molecule has 0 aromatic carbocycles. The van der Waals surface area contributed by atoms with E-state index in [9.17, 15) is 9.50 Å². The fourth-order valence-electron chi connectivity index (χ4n) is 4.90. The van der Waals surface area contributed by atoms with Gasteiger partial charge in [-0.05, 0) is 62.7 Å². The van der Waals surface area contributed by atoms with Gasteiger partial charge in [0.15, 0.2) is 0 Å². The molecule has 0 heterocycles. The van der Waals surface area contributed by atoms with Crippen molar-refractivity contribution in [2.75, 3.05) is 0 Å². The van der Waals surface area contributed by atoms with Gasteiger partial charge in [0.25, 0.3) is 0 Å². The van der Waals surface area contributed by atoms with Gasteiger partial charge in [0.05, 0.1) is 5.60 Å². The summed E-state index contributed by atoms with van der Waals surface area (Å²) in [5.41, 5.74) is -1.45. The van der Waals surface area contributed by atoms with Crippen molar-refractivity contribution >= 4 is 0 Å². The summed E-state index contributed by atoms with van der Waals surface area (Å²) in [4.78, 5) is 0. The summed E-state index contributed by atoms with van der Waals surface area (Å²) in [6, 6.07) is 0. The molecule has 0 aromatic heterocycles. The van der Waals surface area contributed by atoms with E-state index in [4.69, 9.17) is 0 Å². The summed E-state index contributed by atoms with van der Waals surface area (Å²) in [7, 11) is 0. The van der Waals surface area contributed by atoms with Crippen LogP contribution >= 0.6 is 0 Å². The van der Waals surface area contributed by atoms with Crippen molar-refractivity contribution in [2.45, 2.75) is 76.0 Å². The second-order valence-corrected chi connectivity index (χ2v) is 6.92. The Kier molecular flexibility index (Phi) is 2.77. The molecule has 4 saturated carbocycles. The minimum Gasteiger partial charge on any atom is -0.389 e. The Morgan fingerprint density at radius 3 is 2.47 bits per heavy atom. The topological polar surface area (TPSA) is 20.2 Å². The van der Waals surface area contributed by atoms with Crippen LogP contribution < -0.4 is 0 Å². The van der Waals surface area contributed by atoms with E-state index in [2.05, 4.69) is 6.92 Å². The summed E-state index contributed by atoms with van der Waals surface area (Å²) in [6.07, 6.45) is 8.40. The van der Waals surface area contributed by atoms with Gasteiger partial charge in [0.1, 0.15) is 5.67 Å². The third-order valence-electron chi connectivity index (χ3n) is 5.81. The molecule has 17 heavy (non-hydrogen) atoms. The summed E-state index contributed by atoms with van der Waals surface area (Å²) >= 11 is 0. The number of fused-ring (bicyclic) bond motifs is 1. The van der Waals surface area contributed by atoms with Crippen LogP contribution in [0, 0.1) is 17.8 Å². The van der Waals surface area contributed by atoms with E-state index in [1.54, 1.807) is 0 Å². The van der Waals surface area contributed by atoms with Crippen molar-refractivity contribution in [1.82, 2.24) is 0 Å². The highest BCUT2D eigenvalue weighted by Crippen LogP contribution is 2.59. The Labute approximate surface area is 104 Å². The second kappa shape index (κ2) is 3.94. The van der Waals surface area contributed by atoms with E-state index < -0.39 is 11.3 Å². The summed E-state index contributed by atoms with van der Waals surface area (Å²) in [5, 5.41) is 11.0. The maximum absolute atomic E-state index is 14.7. The Bertz CT molecular complexity index is 285. The molecule has 4 aliphatic rings. The molecule has 0 amide bonds. The fraction of sp³-hybridized carbons (Fsp3) is 1.00. The molecule has 2 heteroatoms. The van der Waals surface area contributed by atoms with Gasteiger partial charge in [-0.2, -0.15) is 0 Å². The van der Waals surface area contributed by atoms with Gasteiger partial charge in [-0.15, -0.1) is 0 Å². The zero-order valence-electron chi connectivity index (χ0n) is 10.9. The van der Waals surface area contributed by atoms with Crippen LogP contribution in [0.4, 0.5) is 4.39 Å². The smallest absolute Gasteiger partial charge is 0.111 e. The number of hydrogen-bond donors (Lipinski definition) is 1. The van der Waals surface area contributed by atoms with E-state index in [0.29, 0.717) is 18.8 Å². The first-order valence-electron chi connectivity index (χ1n) is 7.47. The summed E-state index contributed by atoms with van der Waals surface area (Å²) < 4.78 is 14.7. The lowest BCUT2D eigenvalue weighted by molar-refractivity contribution is -0.161. The van der Waals surface area contributed by atoms with Crippen LogP contribution in [-0.2, 0) is 0 Å². The van der Waals surface area contributed by atoms with Crippen molar-refractivity contribution in [2.24, 2.45) is 17.8 Å². The van der Waals surface area contributed by atoms with Gasteiger partial charge >= 0.3 is 0 Å². The van der Waals surface area contributed by atoms with Crippen LogP contribution in [0.3, 0.4) is 0 Å². The molecular formula is C15H25FO. The minimum absolute atomic E-state index is 0.249. The largest absolute Gasteiger partial charge is 0.389 e. The van der Waals surface area contributed by atoms with E-state index in [1.807, 2.05) is 0 Å². The van der Waals surface area contributed by atoms with Crippen molar-refractivity contribution in [3.05, 3.63) is 0 Å². The van der Waals surface area contributed by atoms with Gasteiger partial charge in [0, 0.05) is 0 Å². The molecule has 5 atom stereocenters. The average Bonchev–Trinajstić information content (AvgIpc) is 2.50. The highest BCUT2D eigenvalue weighted by atomic mass is 19.1. The van der Waals surface area contributed by atoms with Crippen LogP contribution in [0.5, 0.6) is 0 Å². The average molecular weight is 240 g/mol. The fourth-order valence-corrected chi connectivity index (χ4v) is 4.90. The predicted octanol–water partition coefficient (Wildman–Crippen LogP) is 3.85. The number of halogens is 1. The molecular weight excluding hydrogens is 215 g/mol. The van der Waals surface area contributed by atoms with Crippen LogP contribution in [0.2, 0.25) is 0 Å². The summed E-state index contributed by atoms with van der Waals surface area (Å²) in [6.45, 7) is 2.17. The number of hydrogen-bond acceptors (Lipinski definition) is 1. The van der Waals surface area contributed by atoms with E-state index in [-0.39, 0.29) is 11.8 Å². The van der Waals surface area contributed by atoms with Gasteiger partial charge in [-0.25, -0.2) is 4.39 Å². The van der Waals surface area contributed by atoms with Crippen LogP contribution in [-0.4, -0.2) is 16.4 Å². The van der Waals surface area contributed by atoms with Gasteiger partial charge in [-0.3, -0.25) is 0 Å². The molecule has 4 fully saturated rings. The standard InChI is InChI=1S/C15H25FO/c1-2-3-5-15(17)12-7-11-4-6-14(16,9-12)10-13(15)8-11/h11-13,17H,2-10H2,1H3/t11?,12-,13+,14?,15?. The van der Waals surface area contributed by atoms with E-state index in [1.165, 1.54) is 0 Å². The van der Waals surface area contributed by atoms with Gasteiger partial charge in [-0.1, -0.05) is 19.8 Å². The van der Waals surface area contributed by atoms with E-state index in [0.717, 1.165) is 44.9 Å². The zero-order chi connectivity index (χ0) is 12.1. The molecule has 1 N–H and O–H groups in total. The van der Waals surface area contributed by atoms with E-state index >= 15 is 0 Å². The highest BCUT2D eigenvalue weighted by Gasteiger charge is 2.59. The van der Waals surface area contributed by atoms with Crippen LogP contribution in [0.15, 0.2) is 0 Å². The second-order valence-electron chi connectivity index (χ2n) is 6.92. The third kappa shape index (κ3) is 1.83. The Balaban J connectivity index is 1.86. The lowest BCUT2D eigenvalue weighted by Crippen LogP contribution is -2.56. The van der Waals surface area contributed by atoms with Crippen molar-refractivity contribution in [3.8, 4) is 0 Å². The number of unbranched alkanes of at least 4 members (excludes halogenated alkanes) is 1. The zero-order valence-corrected chi connectivity index (χ0v) is 10.9. The first-order chi connectivity index (χ1) is 8.06. The Hall–Kier alpha value is -0.110. The maximum Gasteiger partial charge on any atom is 0.111 e. The van der Waals surface area contributed by atoms with Crippen LogP contribution in [0.1, 0.15) is 64.7 Å². The summed E-state index contributed by atoms with van der Waals surface area (Å²) in [5.74, 6) is 1.20. The van der Waals surface area contributed by atoms with Gasteiger partial charge < -0.3 is 5.11 Å². The molecule has 98 valence electrons. The van der Waals surface area contributed by atoms with Crippen molar-refractivity contribution < 1.29 is 9.50 Å². The Morgan fingerprint density at radius 1 is 1.24 bits per heavy atom. The van der Waals surface area contributed by atoms with Crippen LogP contribution in [0.25, 0.3) is 0 Å². The first-order valence-corrected chi connectivity index (χ1v) is 7.47. The third-order valence-corrected chi connectivity index (χ3v) is 5.81. The molecule has 0 radical (unpaired) electrons. The lowest BCUT2D eigenvalue weighted by Gasteiger charge is -2.53. The first kappa shape index (κ1) is 12.0. The number of rotatable bonds is 3. The molecule has 4 rings (SSSR count). The highest BCUT2D eigenvalue weighted by molar-refractivity contribution is 5.09. The molecule has 1 nitrogen and oxygen atoms in total. The minimum atomic E-state index is -0.932. The monoisotopic (exact) mass is 240 g/mol. The van der Waals surface area contributed by atoms with Gasteiger partial charge in [0.2, 0.25) is 0 Å². The maximum atomic E-state index is 14.7. The number of aliphatic hydroxyl groups is 1.